The molecule has 0 aromatic heterocycles. The van der Waals surface area contributed by atoms with E-state index < -0.39 is 42.6 Å². The van der Waals surface area contributed by atoms with Crippen molar-refractivity contribution >= 4 is 45.8 Å². The highest BCUT2D eigenvalue weighted by Gasteiger charge is 2.26. The van der Waals surface area contributed by atoms with Gasteiger partial charge in [-0.25, -0.2) is 14.4 Å². The number of nitrogens with one attached hydrogen (secondary N) is 2. The molecule has 1 aromatic carbocycles. The van der Waals surface area contributed by atoms with Crippen LogP contribution in [-0.2, 0) is 19.1 Å². The van der Waals surface area contributed by atoms with E-state index in [4.69, 9.17) is 14.9 Å². The molecule has 12 heteroatoms. The summed E-state index contributed by atoms with van der Waals surface area (Å²) in [7, 11) is 0. The maximum atomic E-state index is 12.0. The SMILES string of the molecule is O=C(O)CC[C@H](NC(=O)O[C@@H](CCCCNC(=O)c1cccc(Br)c1)C(=O)O)C(=O)O. The quantitative estimate of drug-likeness (QED) is 0.251. The van der Waals surface area contributed by atoms with Crippen LogP contribution in [0.3, 0.4) is 0 Å². The summed E-state index contributed by atoms with van der Waals surface area (Å²) >= 11 is 3.27. The highest BCUT2D eigenvalue weighted by Crippen LogP contribution is 2.12. The lowest BCUT2D eigenvalue weighted by molar-refractivity contribution is -0.147. The Labute approximate surface area is 185 Å². The molecule has 0 radical (unpaired) electrons. The summed E-state index contributed by atoms with van der Waals surface area (Å²) in [5, 5.41) is 31.4. The van der Waals surface area contributed by atoms with E-state index in [9.17, 15) is 29.1 Å². The van der Waals surface area contributed by atoms with Gasteiger partial charge in [-0.2, -0.15) is 0 Å². The van der Waals surface area contributed by atoms with E-state index in [1.165, 1.54) is 0 Å². The Kier molecular flexibility index (Phi) is 11.0. The van der Waals surface area contributed by atoms with Gasteiger partial charge in [-0.1, -0.05) is 22.0 Å². The van der Waals surface area contributed by atoms with Crippen molar-refractivity contribution in [2.45, 2.75) is 44.2 Å². The van der Waals surface area contributed by atoms with Crippen LogP contribution in [0.2, 0.25) is 0 Å². The van der Waals surface area contributed by atoms with Crippen LogP contribution in [0.1, 0.15) is 42.5 Å². The smallest absolute Gasteiger partial charge is 0.408 e. The number of ether oxygens (including phenoxy) is 1. The van der Waals surface area contributed by atoms with Crippen LogP contribution >= 0.6 is 15.9 Å². The molecule has 1 aromatic rings. The van der Waals surface area contributed by atoms with Crippen molar-refractivity contribution in [1.29, 1.82) is 0 Å². The fourth-order valence-electron chi connectivity index (χ4n) is 2.45. The molecule has 1 rings (SSSR count). The summed E-state index contributed by atoms with van der Waals surface area (Å²) in [6.45, 7) is 0.278. The first-order chi connectivity index (χ1) is 14.6. The summed E-state index contributed by atoms with van der Waals surface area (Å²) < 4.78 is 5.51. The number of alkyl carbamates (subject to hydrolysis) is 1. The van der Waals surface area contributed by atoms with Gasteiger partial charge in [0.05, 0.1) is 0 Å². The third-order valence-corrected chi connectivity index (χ3v) is 4.52. The lowest BCUT2D eigenvalue weighted by atomic mass is 10.1. The average Bonchev–Trinajstić information content (AvgIpc) is 2.69. The van der Waals surface area contributed by atoms with Gasteiger partial charge in [0.2, 0.25) is 6.10 Å². The lowest BCUT2D eigenvalue weighted by Crippen LogP contribution is -2.43. The molecule has 0 heterocycles. The Balaban J connectivity index is 2.42. The Morgan fingerprint density at radius 1 is 1.00 bits per heavy atom. The largest absolute Gasteiger partial charge is 0.481 e. The molecular formula is C19H23BrN2O9. The van der Waals surface area contributed by atoms with Crippen molar-refractivity contribution in [3.63, 3.8) is 0 Å². The molecule has 0 saturated carbocycles. The van der Waals surface area contributed by atoms with Gasteiger partial charge < -0.3 is 30.7 Å². The predicted molar refractivity (Wildman–Crippen MR) is 110 cm³/mol. The minimum absolute atomic E-state index is 0.0532. The zero-order chi connectivity index (χ0) is 23.4. The lowest BCUT2D eigenvalue weighted by Gasteiger charge is -2.17. The number of halogens is 1. The fourth-order valence-corrected chi connectivity index (χ4v) is 2.85. The van der Waals surface area contributed by atoms with Crippen molar-refractivity contribution in [2.75, 3.05) is 6.54 Å². The number of carboxylic acids is 3. The number of carboxylic acid groups (broad SMARTS) is 3. The maximum Gasteiger partial charge on any atom is 0.408 e. The molecule has 11 nitrogen and oxygen atoms in total. The summed E-state index contributed by atoms with van der Waals surface area (Å²) in [6.07, 6.45) is -2.99. The van der Waals surface area contributed by atoms with E-state index in [2.05, 4.69) is 21.2 Å². The van der Waals surface area contributed by atoms with E-state index in [0.29, 0.717) is 18.4 Å². The van der Waals surface area contributed by atoms with E-state index in [1.807, 2.05) is 5.32 Å². The third-order valence-electron chi connectivity index (χ3n) is 4.03. The highest BCUT2D eigenvalue weighted by molar-refractivity contribution is 9.10. The van der Waals surface area contributed by atoms with E-state index >= 15 is 0 Å². The van der Waals surface area contributed by atoms with Crippen LogP contribution < -0.4 is 10.6 Å². The molecule has 2 amide bonds. The maximum absolute atomic E-state index is 12.0. The first-order valence-electron chi connectivity index (χ1n) is 9.28. The molecule has 0 aliphatic heterocycles. The summed E-state index contributed by atoms with van der Waals surface area (Å²) in [6, 6.07) is 5.28. The monoisotopic (exact) mass is 502 g/mol. The average molecular weight is 503 g/mol. The third kappa shape index (κ3) is 10.4. The molecule has 5 N–H and O–H groups in total. The van der Waals surface area contributed by atoms with Gasteiger partial charge in [0.25, 0.3) is 5.91 Å². The molecule has 0 unspecified atom stereocenters. The number of carbonyl (C=O) groups excluding carboxylic acids is 2. The molecule has 31 heavy (non-hydrogen) atoms. The van der Waals surface area contributed by atoms with Gasteiger partial charge in [0.1, 0.15) is 6.04 Å². The Bertz CT molecular complexity index is 815. The molecule has 0 bridgehead atoms. The normalized spacial score (nSPS) is 12.3. The second kappa shape index (κ2) is 13.2. The van der Waals surface area contributed by atoms with Gasteiger partial charge in [-0.15, -0.1) is 0 Å². The molecule has 2 atom stereocenters. The van der Waals surface area contributed by atoms with Crippen LogP contribution in [0.5, 0.6) is 0 Å². The number of unbranched alkanes of at least 4 members (excludes halogenated alkanes) is 1. The number of hydrogen-bond acceptors (Lipinski definition) is 6. The molecule has 0 saturated heterocycles. The highest BCUT2D eigenvalue weighted by atomic mass is 79.9. The fraction of sp³-hybridized carbons (Fsp3) is 0.421. The predicted octanol–water partition coefficient (Wildman–Crippen LogP) is 1.85. The zero-order valence-corrected chi connectivity index (χ0v) is 18.0. The molecular weight excluding hydrogens is 480 g/mol. The summed E-state index contributed by atoms with van der Waals surface area (Å²) in [5.74, 6) is -4.40. The first kappa shape index (κ1) is 25.9. The van der Waals surface area contributed by atoms with Gasteiger partial charge >= 0.3 is 24.0 Å². The number of rotatable bonds is 13. The van der Waals surface area contributed by atoms with Crippen molar-refractivity contribution in [3.05, 3.63) is 34.3 Å². The van der Waals surface area contributed by atoms with Crippen molar-refractivity contribution in [2.24, 2.45) is 0 Å². The van der Waals surface area contributed by atoms with Crippen molar-refractivity contribution in [3.8, 4) is 0 Å². The van der Waals surface area contributed by atoms with Crippen LogP contribution in [-0.4, -0.2) is 63.9 Å². The minimum atomic E-state index is -1.52. The molecule has 170 valence electrons. The van der Waals surface area contributed by atoms with Gasteiger partial charge in [0.15, 0.2) is 0 Å². The second-order valence-corrected chi connectivity index (χ2v) is 7.38. The number of hydrogen-bond donors (Lipinski definition) is 5. The minimum Gasteiger partial charge on any atom is -0.481 e. The molecule has 0 aliphatic carbocycles. The van der Waals surface area contributed by atoms with Crippen LogP contribution in [0, 0.1) is 0 Å². The first-order valence-corrected chi connectivity index (χ1v) is 10.1. The van der Waals surface area contributed by atoms with Gasteiger partial charge in [-0.05, 0) is 43.9 Å². The van der Waals surface area contributed by atoms with E-state index in [0.717, 1.165) is 4.47 Å². The summed E-state index contributed by atoms with van der Waals surface area (Å²) in [4.78, 5) is 56.7. The molecule has 0 fully saturated rings. The molecule has 0 aliphatic rings. The van der Waals surface area contributed by atoms with Crippen LogP contribution in [0.4, 0.5) is 4.79 Å². The standard InChI is InChI=1S/C19H23BrN2O9/c20-12-5-3-4-11(10-12)16(25)21-9-2-1-6-14(18(28)29)31-19(30)22-13(17(26)27)7-8-15(23)24/h3-5,10,13-14H,1-2,6-9H2,(H,21,25)(H,22,30)(H,23,24)(H,26,27)(H,28,29)/t13-,14-/m0/s1. The number of carbonyl (C=O) groups is 5. The second-order valence-electron chi connectivity index (χ2n) is 6.46. The Morgan fingerprint density at radius 3 is 2.29 bits per heavy atom. The zero-order valence-electron chi connectivity index (χ0n) is 16.4. The Hall–Kier alpha value is -3.15. The van der Waals surface area contributed by atoms with E-state index in [1.54, 1.807) is 24.3 Å². The number of aliphatic carboxylic acids is 3. The number of amides is 2. The molecule has 0 spiro atoms. The summed E-state index contributed by atoms with van der Waals surface area (Å²) in [5.41, 5.74) is 0.466. The van der Waals surface area contributed by atoms with Crippen molar-refractivity contribution < 1.29 is 44.0 Å². The van der Waals surface area contributed by atoms with Gasteiger partial charge in [0, 0.05) is 23.0 Å². The van der Waals surface area contributed by atoms with Crippen molar-refractivity contribution in [1.82, 2.24) is 10.6 Å². The topological polar surface area (TPSA) is 179 Å². The van der Waals surface area contributed by atoms with Crippen LogP contribution in [0.25, 0.3) is 0 Å². The van der Waals surface area contributed by atoms with Crippen LogP contribution in [0.15, 0.2) is 28.7 Å². The number of benzene rings is 1. The van der Waals surface area contributed by atoms with Gasteiger partial charge in [-0.3, -0.25) is 9.59 Å². The Morgan fingerprint density at radius 2 is 1.71 bits per heavy atom. The van der Waals surface area contributed by atoms with E-state index in [-0.39, 0.29) is 25.3 Å².